The number of non-ortho nitro benzene ring substituents is 1. The van der Waals surface area contributed by atoms with Crippen LogP contribution in [0.5, 0.6) is 5.75 Å². The van der Waals surface area contributed by atoms with Crippen LogP contribution in [-0.4, -0.2) is 45.6 Å². The van der Waals surface area contributed by atoms with Crippen molar-refractivity contribution in [1.82, 2.24) is 10.0 Å². The van der Waals surface area contributed by atoms with Gasteiger partial charge in [-0.1, -0.05) is 12.1 Å². The molecule has 30 heavy (non-hydrogen) atoms. The predicted molar refractivity (Wildman–Crippen MR) is 109 cm³/mol. The van der Waals surface area contributed by atoms with Crippen LogP contribution in [0.2, 0.25) is 0 Å². The van der Waals surface area contributed by atoms with E-state index in [1.165, 1.54) is 0 Å². The van der Waals surface area contributed by atoms with Crippen molar-refractivity contribution >= 4 is 21.7 Å². The lowest BCUT2D eigenvalue weighted by Gasteiger charge is -2.24. The van der Waals surface area contributed by atoms with Crippen molar-refractivity contribution in [3.63, 3.8) is 0 Å². The molecule has 0 amide bonds. The van der Waals surface area contributed by atoms with Crippen LogP contribution in [0, 0.1) is 10.1 Å². The fraction of sp³-hybridized carbons (Fsp3) is 0.316. The van der Waals surface area contributed by atoms with E-state index < -0.39 is 33.0 Å². The molecule has 2 aromatic rings. The third-order valence-electron chi connectivity index (χ3n) is 4.38. The van der Waals surface area contributed by atoms with E-state index in [4.69, 9.17) is 9.47 Å². The summed E-state index contributed by atoms with van der Waals surface area (Å²) in [6.45, 7) is 2.02. The zero-order valence-corrected chi connectivity index (χ0v) is 17.5. The highest BCUT2D eigenvalue weighted by Gasteiger charge is 2.31. The summed E-state index contributed by atoms with van der Waals surface area (Å²) >= 11 is 0. The Bertz CT molecular complexity index is 976. The molecular formula is C19H23N3O7S. The molecule has 0 heterocycles. The molecule has 0 aromatic heterocycles. The predicted octanol–water partition coefficient (Wildman–Crippen LogP) is 1.60. The maximum atomic E-state index is 12.7. The number of nitro benzene ring substituents is 1. The quantitative estimate of drug-likeness (QED) is 0.325. The number of methoxy groups -OCH3 is 2. The van der Waals surface area contributed by atoms with E-state index in [9.17, 15) is 23.3 Å². The second kappa shape index (κ2) is 10.1. The first kappa shape index (κ1) is 23.3. The maximum Gasteiger partial charge on any atom is 0.325 e. The first-order valence-electron chi connectivity index (χ1n) is 8.89. The fourth-order valence-corrected chi connectivity index (χ4v) is 3.87. The van der Waals surface area contributed by atoms with E-state index >= 15 is 0 Å². The summed E-state index contributed by atoms with van der Waals surface area (Å²) in [5, 5.41) is 13.8. The minimum atomic E-state index is -4.12. The van der Waals surface area contributed by atoms with E-state index in [0.717, 1.165) is 36.9 Å². The van der Waals surface area contributed by atoms with E-state index in [0.29, 0.717) is 12.3 Å². The van der Waals surface area contributed by atoms with Gasteiger partial charge in [0.1, 0.15) is 11.8 Å². The molecule has 0 aliphatic carbocycles. The lowest BCUT2D eigenvalue weighted by atomic mass is 10.1. The molecule has 10 nitrogen and oxygen atoms in total. The van der Waals surface area contributed by atoms with Gasteiger partial charge in [0.25, 0.3) is 5.69 Å². The van der Waals surface area contributed by atoms with Crippen LogP contribution in [0.1, 0.15) is 12.5 Å². The SMILES string of the molecule is COC(=O)[C@@H](NS(=O)(=O)c1ccc([N+](=O)[O-])cc1)[C@@H](C)NCc1ccc(OC)cc1. The summed E-state index contributed by atoms with van der Waals surface area (Å²) in [4.78, 5) is 22.1. The summed E-state index contributed by atoms with van der Waals surface area (Å²) in [6.07, 6.45) is 0. The molecule has 0 saturated heterocycles. The zero-order chi connectivity index (χ0) is 22.3. The summed E-state index contributed by atoms with van der Waals surface area (Å²) in [5.41, 5.74) is 0.664. The highest BCUT2D eigenvalue weighted by Crippen LogP contribution is 2.17. The van der Waals surface area contributed by atoms with Gasteiger partial charge in [0.15, 0.2) is 0 Å². The number of rotatable bonds is 10. The lowest BCUT2D eigenvalue weighted by molar-refractivity contribution is -0.384. The van der Waals surface area contributed by atoms with Gasteiger partial charge >= 0.3 is 5.97 Å². The van der Waals surface area contributed by atoms with Crippen molar-refractivity contribution in [1.29, 1.82) is 0 Å². The van der Waals surface area contributed by atoms with Gasteiger partial charge in [-0.05, 0) is 36.8 Å². The Morgan fingerprint density at radius 1 is 1.10 bits per heavy atom. The minimum Gasteiger partial charge on any atom is -0.497 e. The number of nitrogens with one attached hydrogen (secondary N) is 2. The number of benzene rings is 2. The van der Waals surface area contributed by atoms with Crippen molar-refractivity contribution in [2.75, 3.05) is 14.2 Å². The summed E-state index contributed by atoms with van der Waals surface area (Å²) in [7, 11) is -1.40. The number of hydrogen-bond acceptors (Lipinski definition) is 8. The van der Waals surface area contributed by atoms with Gasteiger partial charge in [0, 0.05) is 24.7 Å². The molecule has 0 fully saturated rings. The van der Waals surface area contributed by atoms with Crippen LogP contribution in [-0.2, 0) is 26.1 Å². The van der Waals surface area contributed by atoms with Crippen molar-refractivity contribution in [2.24, 2.45) is 0 Å². The molecule has 0 saturated carbocycles. The molecule has 2 aromatic carbocycles. The van der Waals surface area contributed by atoms with Gasteiger partial charge in [-0.25, -0.2) is 8.42 Å². The molecule has 2 rings (SSSR count). The van der Waals surface area contributed by atoms with Gasteiger partial charge in [0.05, 0.1) is 24.0 Å². The number of hydrogen-bond donors (Lipinski definition) is 2. The van der Waals surface area contributed by atoms with Crippen molar-refractivity contribution in [2.45, 2.75) is 30.4 Å². The Hall–Kier alpha value is -3.02. The molecule has 2 atom stereocenters. The van der Waals surface area contributed by atoms with Crippen molar-refractivity contribution < 1.29 is 27.6 Å². The summed E-state index contributed by atoms with van der Waals surface area (Å²) in [6, 6.07) is 9.78. The largest absolute Gasteiger partial charge is 0.497 e. The monoisotopic (exact) mass is 437 g/mol. The highest BCUT2D eigenvalue weighted by molar-refractivity contribution is 7.89. The number of sulfonamides is 1. The number of carbonyl (C=O) groups is 1. The fourth-order valence-electron chi connectivity index (χ4n) is 2.60. The van der Waals surface area contributed by atoms with Gasteiger partial charge in [-0.2, -0.15) is 4.72 Å². The average molecular weight is 437 g/mol. The first-order valence-corrected chi connectivity index (χ1v) is 10.4. The second-order valence-corrected chi connectivity index (χ2v) is 8.10. The summed E-state index contributed by atoms with van der Waals surface area (Å²) < 4.78 is 37.5. The Balaban J connectivity index is 2.13. The van der Waals surface area contributed by atoms with Crippen LogP contribution in [0.15, 0.2) is 53.4 Å². The highest BCUT2D eigenvalue weighted by atomic mass is 32.2. The maximum absolute atomic E-state index is 12.7. The van der Waals surface area contributed by atoms with Crippen LogP contribution >= 0.6 is 0 Å². The third kappa shape index (κ3) is 5.99. The molecule has 2 N–H and O–H groups in total. The summed E-state index contributed by atoms with van der Waals surface area (Å²) in [5.74, 6) is -0.0645. The number of nitro groups is 1. The van der Waals surface area contributed by atoms with E-state index in [1.54, 1.807) is 26.2 Å². The van der Waals surface area contributed by atoms with Crippen molar-refractivity contribution in [3.8, 4) is 5.75 Å². The molecule has 0 unspecified atom stereocenters. The van der Waals surface area contributed by atoms with Gasteiger partial charge < -0.3 is 14.8 Å². The molecule has 0 aliphatic heterocycles. The topological polar surface area (TPSA) is 137 Å². The first-order chi connectivity index (χ1) is 14.2. The van der Waals surface area contributed by atoms with Crippen molar-refractivity contribution in [3.05, 3.63) is 64.2 Å². The zero-order valence-electron chi connectivity index (χ0n) is 16.7. The lowest BCUT2D eigenvalue weighted by Crippen LogP contribution is -2.53. The Morgan fingerprint density at radius 3 is 2.20 bits per heavy atom. The molecule has 0 radical (unpaired) electrons. The Morgan fingerprint density at radius 2 is 1.70 bits per heavy atom. The number of esters is 1. The smallest absolute Gasteiger partial charge is 0.325 e. The Labute approximate surface area is 174 Å². The molecule has 0 spiro atoms. The van der Waals surface area contributed by atoms with Crippen LogP contribution < -0.4 is 14.8 Å². The normalized spacial score (nSPS) is 13.3. The standard InChI is InChI=1S/C19H23N3O7S/c1-13(20-12-14-4-8-16(28-2)9-5-14)18(19(23)29-3)21-30(26,27)17-10-6-15(7-11-17)22(24)25/h4-11,13,18,20-21H,12H2,1-3H3/t13-,18+/m1/s1. The van der Waals surface area contributed by atoms with Crippen LogP contribution in [0.4, 0.5) is 5.69 Å². The van der Waals surface area contributed by atoms with E-state index in [1.807, 2.05) is 12.1 Å². The second-order valence-electron chi connectivity index (χ2n) is 6.39. The number of carbonyl (C=O) groups excluding carboxylic acids is 1. The third-order valence-corrected chi connectivity index (χ3v) is 5.84. The van der Waals surface area contributed by atoms with Gasteiger partial charge in [-0.15, -0.1) is 0 Å². The molecular weight excluding hydrogens is 414 g/mol. The minimum absolute atomic E-state index is 0.204. The number of ether oxygens (including phenoxy) is 2. The molecule has 0 bridgehead atoms. The van der Waals surface area contributed by atoms with Gasteiger partial charge in [0.2, 0.25) is 10.0 Å². The van der Waals surface area contributed by atoms with E-state index in [-0.39, 0.29) is 10.6 Å². The van der Waals surface area contributed by atoms with Crippen LogP contribution in [0.3, 0.4) is 0 Å². The number of nitrogens with zero attached hydrogens (tertiary/aromatic N) is 1. The van der Waals surface area contributed by atoms with Crippen LogP contribution in [0.25, 0.3) is 0 Å². The molecule has 0 aliphatic rings. The average Bonchev–Trinajstić information content (AvgIpc) is 2.75. The molecule has 11 heteroatoms. The van der Waals surface area contributed by atoms with Gasteiger partial charge in [-0.3, -0.25) is 14.9 Å². The molecule has 162 valence electrons. The van der Waals surface area contributed by atoms with E-state index in [2.05, 4.69) is 10.0 Å². The Kier molecular flexibility index (Phi) is 7.86.